The highest BCUT2D eigenvalue weighted by Gasteiger charge is 2.07. The van der Waals surface area contributed by atoms with Crippen LogP contribution in [-0.2, 0) is 11.3 Å². The number of hydrogen-bond acceptors (Lipinski definition) is 4. The first-order chi connectivity index (χ1) is 8.52. The summed E-state index contributed by atoms with van der Waals surface area (Å²) in [4.78, 5) is 15.3. The Balaban J connectivity index is 2.02. The van der Waals surface area contributed by atoms with E-state index in [0.717, 1.165) is 6.07 Å². The topological polar surface area (TPSA) is 85.8 Å². The zero-order chi connectivity index (χ0) is 13.1. The van der Waals surface area contributed by atoms with Gasteiger partial charge in [0.2, 0.25) is 11.9 Å². The van der Waals surface area contributed by atoms with E-state index < -0.39 is 5.82 Å². The molecule has 0 aliphatic rings. The van der Waals surface area contributed by atoms with E-state index in [-0.39, 0.29) is 29.1 Å². The summed E-state index contributed by atoms with van der Waals surface area (Å²) in [5.41, 5.74) is 5.58. The van der Waals surface area contributed by atoms with Crippen molar-refractivity contribution in [3.05, 3.63) is 35.4 Å². The van der Waals surface area contributed by atoms with Gasteiger partial charge in [-0.2, -0.15) is 0 Å². The highest BCUT2D eigenvalue weighted by Crippen LogP contribution is 2.17. The molecule has 0 spiro atoms. The van der Waals surface area contributed by atoms with Gasteiger partial charge in [0.15, 0.2) is 0 Å². The molecule has 2 rings (SSSR count). The first kappa shape index (κ1) is 12.3. The number of anilines is 2. The van der Waals surface area contributed by atoms with Crippen molar-refractivity contribution in [3.8, 4) is 0 Å². The second-order valence-corrected chi connectivity index (χ2v) is 3.94. The molecule has 0 unspecified atom stereocenters. The molecule has 0 saturated carbocycles. The third kappa shape index (κ3) is 3.17. The van der Waals surface area contributed by atoms with Crippen LogP contribution in [0.2, 0.25) is 5.02 Å². The number of halogens is 2. The molecule has 0 atom stereocenters. The van der Waals surface area contributed by atoms with Gasteiger partial charge in [-0.15, -0.1) is 5.10 Å². The Kier molecular flexibility index (Phi) is 3.42. The van der Waals surface area contributed by atoms with Crippen LogP contribution in [0.25, 0.3) is 0 Å². The van der Waals surface area contributed by atoms with Gasteiger partial charge < -0.3 is 11.1 Å². The second kappa shape index (κ2) is 5.01. The number of rotatable bonds is 3. The van der Waals surface area contributed by atoms with Gasteiger partial charge in [0, 0.05) is 10.7 Å². The van der Waals surface area contributed by atoms with Gasteiger partial charge in [0.1, 0.15) is 18.7 Å². The lowest BCUT2D eigenvalue weighted by molar-refractivity contribution is -0.116. The Labute approximate surface area is 107 Å². The summed E-state index contributed by atoms with van der Waals surface area (Å²) in [6.07, 6.45) is 1.33. The van der Waals surface area contributed by atoms with Crippen molar-refractivity contribution in [3.63, 3.8) is 0 Å². The number of carbonyl (C=O) groups is 1. The molecule has 0 aliphatic carbocycles. The fraction of sp³-hybridized carbons (Fsp3) is 0.100. The van der Waals surface area contributed by atoms with E-state index >= 15 is 0 Å². The van der Waals surface area contributed by atoms with E-state index in [4.69, 9.17) is 17.3 Å². The van der Waals surface area contributed by atoms with Crippen molar-refractivity contribution in [2.75, 3.05) is 11.1 Å². The van der Waals surface area contributed by atoms with Crippen LogP contribution >= 0.6 is 11.6 Å². The maximum Gasteiger partial charge on any atom is 0.246 e. The maximum absolute atomic E-state index is 13.0. The fourth-order valence-corrected chi connectivity index (χ4v) is 1.58. The van der Waals surface area contributed by atoms with Crippen LogP contribution in [0.15, 0.2) is 24.5 Å². The van der Waals surface area contributed by atoms with E-state index in [1.807, 2.05) is 0 Å². The van der Waals surface area contributed by atoms with Crippen LogP contribution in [0.5, 0.6) is 0 Å². The van der Waals surface area contributed by atoms with E-state index in [1.165, 1.54) is 23.1 Å². The molecule has 1 heterocycles. The third-order valence-electron chi connectivity index (χ3n) is 2.01. The smallest absolute Gasteiger partial charge is 0.246 e. The largest absolute Gasteiger partial charge is 0.367 e. The van der Waals surface area contributed by atoms with Gasteiger partial charge in [-0.3, -0.25) is 4.79 Å². The third-order valence-corrected chi connectivity index (χ3v) is 2.22. The summed E-state index contributed by atoms with van der Waals surface area (Å²) in [5, 5.41) is 6.44. The molecule has 94 valence electrons. The van der Waals surface area contributed by atoms with Crippen LogP contribution in [0.1, 0.15) is 0 Å². The molecule has 6 nitrogen and oxygen atoms in total. The lowest BCUT2D eigenvalue weighted by Crippen LogP contribution is -2.19. The van der Waals surface area contributed by atoms with Gasteiger partial charge in [0.05, 0.1) is 0 Å². The van der Waals surface area contributed by atoms with Crippen molar-refractivity contribution in [2.45, 2.75) is 6.54 Å². The number of nitrogens with zero attached hydrogens (tertiary/aromatic N) is 3. The zero-order valence-electron chi connectivity index (χ0n) is 9.10. The number of aromatic nitrogens is 3. The molecule has 0 radical (unpaired) electrons. The molecule has 0 aliphatic heterocycles. The van der Waals surface area contributed by atoms with Gasteiger partial charge in [-0.1, -0.05) is 11.6 Å². The Morgan fingerprint density at radius 1 is 1.50 bits per heavy atom. The van der Waals surface area contributed by atoms with Gasteiger partial charge in [-0.25, -0.2) is 14.1 Å². The van der Waals surface area contributed by atoms with Crippen molar-refractivity contribution in [2.24, 2.45) is 0 Å². The Morgan fingerprint density at radius 3 is 2.89 bits per heavy atom. The highest BCUT2D eigenvalue weighted by molar-refractivity contribution is 6.30. The molecule has 1 amide bonds. The summed E-state index contributed by atoms with van der Waals surface area (Å²) < 4.78 is 14.3. The Bertz CT molecular complexity index is 565. The fourth-order valence-electron chi connectivity index (χ4n) is 1.36. The van der Waals surface area contributed by atoms with Crippen LogP contribution < -0.4 is 11.1 Å². The van der Waals surface area contributed by atoms with E-state index in [0.29, 0.717) is 0 Å². The number of hydrogen-bond donors (Lipinski definition) is 2. The summed E-state index contributed by atoms with van der Waals surface area (Å²) >= 11 is 5.66. The zero-order valence-corrected chi connectivity index (χ0v) is 9.86. The maximum atomic E-state index is 13.0. The molecule has 1 aromatic heterocycles. The molecule has 0 saturated heterocycles. The van der Waals surface area contributed by atoms with Gasteiger partial charge in [0.25, 0.3) is 0 Å². The second-order valence-electron chi connectivity index (χ2n) is 3.51. The first-order valence-electron chi connectivity index (χ1n) is 4.94. The number of amides is 1. The molecule has 2 aromatic rings. The van der Waals surface area contributed by atoms with Gasteiger partial charge in [-0.05, 0) is 18.2 Å². The van der Waals surface area contributed by atoms with Gasteiger partial charge >= 0.3 is 0 Å². The lowest BCUT2D eigenvalue weighted by Gasteiger charge is -2.05. The molecular weight excluding hydrogens is 261 g/mol. The normalized spacial score (nSPS) is 10.3. The number of benzene rings is 1. The highest BCUT2D eigenvalue weighted by atomic mass is 35.5. The van der Waals surface area contributed by atoms with E-state index in [9.17, 15) is 9.18 Å². The number of nitrogens with one attached hydrogen (secondary N) is 1. The Morgan fingerprint density at radius 2 is 2.28 bits per heavy atom. The quantitative estimate of drug-likeness (QED) is 0.879. The predicted molar refractivity (Wildman–Crippen MR) is 64.5 cm³/mol. The summed E-state index contributed by atoms with van der Waals surface area (Å²) in [6.45, 7) is -0.0711. The molecule has 18 heavy (non-hydrogen) atoms. The minimum absolute atomic E-state index is 0.0711. The van der Waals surface area contributed by atoms with E-state index in [1.54, 1.807) is 0 Å². The average Bonchev–Trinajstić information content (AvgIpc) is 2.61. The van der Waals surface area contributed by atoms with Crippen LogP contribution in [0, 0.1) is 5.82 Å². The van der Waals surface area contributed by atoms with Crippen LogP contribution in [0.4, 0.5) is 16.0 Å². The minimum atomic E-state index is -0.525. The standard InChI is InChI=1S/C10H9ClFN5O/c11-6-1-7(12)3-8(2-6)15-9(18)4-17-5-14-10(13)16-17/h1-3,5H,4H2,(H2,13,16)(H,15,18). The Hall–Kier alpha value is -2.15. The van der Waals surface area contributed by atoms with Crippen molar-refractivity contribution in [1.82, 2.24) is 14.8 Å². The molecule has 1 aromatic carbocycles. The monoisotopic (exact) mass is 269 g/mol. The lowest BCUT2D eigenvalue weighted by atomic mass is 10.3. The SMILES string of the molecule is Nc1ncn(CC(=O)Nc2cc(F)cc(Cl)c2)n1. The number of nitrogen functional groups attached to an aromatic ring is 1. The summed E-state index contributed by atoms with van der Waals surface area (Å²) in [5.74, 6) is -0.832. The number of nitrogens with two attached hydrogens (primary N) is 1. The van der Waals surface area contributed by atoms with E-state index in [2.05, 4.69) is 15.4 Å². The first-order valence-corrected chi connectivity index (χ1v) is 5.31. The average molecular weight is 270 g/mol. The molecule has 8 heteroatoms. The summed E-state index contributed by atoms with van der Waals surface area (Å²) in [6, 6.07) is 3.76. The number of carbonyl (C=O) groups excluding carboxylic acids is 1. The molecule has 0 fully saturated rings. The van der Waals surface area contributed by atoms with Crippen LogP contribution in [0.3, 0.4) is 0 Å². The van der Waals surface area contributed by atoms with Crippen LogP contribution in [-0.4, -0.2) is 20.7 Å². The molecular formula is C10H9ClFN5O. The molecule has 3 N–H and O–H groups in total. The van der Waals surface area contributed by atoms with Crippen molar-refractivity contribution < 1.29 is 9.18 Å². The van der Waals surface area contributed by atoms with Crippen molar-refractivity contribution >= 4 is 29.1 Å². The van der Waals surface area contributed by atoms with Crippen molar-refractivity contribution in [1.29, 1.82) is 0 Å². The predicted octanol–water partition coefficient (Wildman–Crippen LogP) is 1.29. The minimum Gasteiger partial charge on any atom is -0.367 e. The molecule has 0 bridgehead atoms. The summed E-state index contributed by atoms with van der Waals surface area (Å²) in [7, 11) is 0.